The summed E-state index contributed by atoms with van der Waals surface area (Å²) in [4.78, 5) is 17.3. The summed E-state index contributed by atoms with van der Waals surface area (Å²) in [5.41, 5.74) is 2.30. The van der Waals surface area contributed by atoms with E-state index in [1.807, 2.05) is 24.0 Å². The van der Waals surface area contributed by atoms with Crippen LogP contribution in [-0.2, 0) is 13.0 Å². The molecule has 2 fully saturated rings. The van der Waals surface area contributed by atoms with Crippen LogP contribution in [0.25, 0.3) is 0 Å². The third kappa shape index (κ3) is 3.92. The molecule has 2 saturated heterocycles. The Kier molecular flexibility index (Phi) is 5.40. The molecular weight excluding hydrogens is 354 g/mol. The highest BCUT2D eigenvalue weighted by atomic mass is 16.5. The monoisotopic (exact) mass is 383 g/mol. The first kappa shape index (κ1) is 19.0. The fraction of sp³-hybridized carbons (Fsp3) is 0.545. The number of hydrogen-bond donors (Lipinski definition) is 0. The second-order valence-electron chi connectivity index (χ2n) is 8.18. The van der Waals surface area contributed by atoms with Crippen molar-refractivity contribution >= 4 is 5.91 Å². The Balaban J connectivity index is 1.40. The van der Waals surface area contributed by atoms with E-state index in [9.17, 15) is 4.79 Å². The number of methoxy groups -OCH3 is 1. The van der Waals surface area contributed by atoms with Crippen LogP contribution in [0.4, 0.5) is 0 Å². The van der Waals surface area contributed by atoms with Gasteiger partial charge in [0.25, 0.3) is 5.91 Å². The number of aromatic nitrogens is 1. The summed E-state index contributed by atoms with van der Waals surface area (Å²) in [6, 6.07) is 10.1. The Hall–Kier alpha value is -2.34. The molecule has 2 aliphatic rings. The fourth-order valence-electron chi connectivity index (χ4n) is 4.65. The number of ether oxygens (including phenoxy) is 1. The molecule has 2 aromatic rings. The van der Waals surface area contributed by atoms with Crippen molar-refractivity contribution < 1.29 is 14.1 Å². The van der Waals surface area contributed by atoms with Crippen molar-refractivity contribution in [3.63, 3.8) is 0 Å². The van der Waals surface area contributed by atoms with Gasteiger partial charge in [0.15, 0.2) is 0 Å². The van der Waals surface area contributed by atoms with Crippen molar-refractivity contribution in [2.75, 3.05) is 33.3 Å². The van der Waals surface area contributed by atoms with Crippen LogP contribution in [0.15, 0.2) is 34.9 Å². The van der Waals surface area contributed by atoms with E-state index in [2.05, 4.69) is 22.2 Å². The lowest BCUT2D eigenvalue weighted by atomic mass is 9.79. The van der Waals surface area contributed by atoms with Crippen molar-refractivity contribution in [3.8, 4) is 5.75 Å². The molecule has 0 radical (unpaired) electrons. The topological polar surface area (TPSA) is 58.8 Å². The van der Waals surface area contributed by atoms with Crippen LogP contribution >= 0.6 is 0 Å². The molecule has 28 heavy (non-hydrogen) atoms. The predicted molar refractivity (Wildman–Crippen MR) is 106 cm³/mol. The zero-order valence-electron chi connectivity index (χ0n) is 16.8. The van der Waals surface area contributed by atoms with Crippen LogP contribution in [0.3, 0.4) is 0 Å². The fourth-order valence-corrected chi connectivity index (χ4v) is 4.65. The summed E-state index contributed by atoms with van der Waals surface area (Å²) < 4.78 is 10.6. The van der Waals surface area contributed by atoms with Gasteiger partial charge in [0, 0.05) is 37.7 Å². The van der Waals surface area contributed by atoms with Crippen molar-refractivity contribution in [2.24, 2.45) is 5.41 Å². The van der Waals surface area contributed by atoms with Crippen LogP contribution in [0.2, 0.25) is 0 Å². The predicted octanol–water partition coefficient (Wildman–Crippen LogP) is 3.37. The van der Waals surface area contributed by atoms with Gasteiger partial charge >= 0.3 is 0 Å². The molecule has 0 N–H and O–H groups in total. The molecule has 1 aromatic heterocycles. The molecule has 1 atom stereocenters. The number of nitrogens with zero attached hydrogens (tertiary/aromatic N) is 3. The maximum absolute atomic E-state index is 12.8. The number of carbonyl (C=O) groups is 1. The Labute approximate surface area is 166 Å². The molecule has 0 unspecified atom stereocenters. The molecule has 6 heteroatoms. The SMILES string of the molecule is CCc1cc(C(=O)N2CC[C@@]3(CCCN(Cc4cccc(OC)c4)C3)C2)on1. The summed E-state index contributed by atoms with van der Waals surface area (Å²) in [7, 11) is 1.71. The number of rotatable bonds is 5. The number of benzene rings is 1. The number of aryl methyl sites for hydroxylation is 1. The first-order valence-electron chi connectivity index (χ1n) is 10.2. The molecule has 0 aliphatic carbocycles. The highest BCUT2D eigenvalue weighted by Gasteiger charge is 2.43. The first-order valence-corrected chi connectivity index (χ1v) is 10.2. The summed E-state index contributed by atoms with van der Waals surface area (Å²) in [6.07, 6.45) is 4.19. The van der Waals surface area contributed by atoms with Crippen molar-refractivity contribution in [2.45, 2.75) is 39.2 Å². The summed E-state index contributed by atoms with van der Waals surface area (Å²) >= 11 is 0. The highest BCUT2D eigenvalue weighted by Crippen LogP contribution is 2.40. The van der Waals surface area contributed by atoms with E-state index in [1.165, 1.54) is 18.4 Å². The Morgan fingerprint density at radius 3 is 2.93 bits per heavy atom. The number of hydrogen-bond acceptors (Lipinski definition) is 5. The first-order chi connectivity index (χ1) is 13.6. The number of likely N-dealkylation sites (tertiary alicyclic amines) is 2. The Bertz CT molecular complexity index is 834. The lowest BCUT2D eigenvalue weighted by molar-refractivity contribution is 0.0644. The van der Waals surface area contributed by atoms with E-state index in [4.69, 9.17) is 9.26 Å². The van der Waals surface area contributed by atoms with E-state index in [0.717, 1.165) is 57.0 Å². The van der Waals surface area contributed by atoms with Crippen molar-refractivity contribution in [1.82, 2.24) is 15.0 Å². The Morgan fingerprint density at radius 1 is 1.25 bits per heavy atom. The van der Waals surface area contributed by atoms with Gasteiger partial charge in [-0.15, -0.1) is 0 Å². The van der Waals surface area contributed by atoms with Crippen molar-refractivity contribution in [1.29, 1.82) is 0 Å². The number of piperidine rings is 1. The third-order valence-electron chi connectivity index (χ3n) is 6.14. The number of amides is 1. The van der Waals surface area contributed by atoms with Crippen LogP contribution < -0.4 is 4.74 Å². The maximum atomic E-state index is 12.8. The normalized spacial score (nSPS) is 22.7. The zero-order valence-corrected chi connectivity index (χ0v) is 16.8. The Morgan fingerprint density at radius 2 is 2.14 bits per heavy atom. The van der Waals surface area contributed by atoms with Gasteiger partial charge < -0.3 is 14.2 Å². The molecule has 1 amide bonds. The van der Waals surface area contributed by atoms with Gasteiger partial charge in [0.1, 0.15) is 5.75 Å². The molecule has 0 saturated carbocycles. The van der Waals surface area contributed by atoms with E-state index in [-0.39, 0.29) is 11.3 Å². The van der Waals surface area contributed by atoms with Crippen LogP contribution in [0.1, 0.15) is 48.0 Å². The summed E-state index contributed by atoms with van der Waals surface area (Å²) in [6.45, 7) is 6.68. The second-order valence-corrected chi connectivity index (χ2v) is 8.18. The lowest BCUT2D eigenvalue weighted by Crippen LogP contribution is -2.45. The van der Waals surface area contributed by atoms with E-state index >= 15 is 0 Å². The largest absolute Gasteiger partial charge is 0.497 e. The smallest absolute Gasteiger partial charge is 0.292 e. The van der Waals surface area contributed by atoms with E-state index in [0.29, 0.717) is 5.76 Å². The van der Waals surface area contributed by atoms with E-state index in [1.54, 1.807) is 13.2 Å². The molecule has 6 nitrogen and oxygen atoms in total. The van der Waals surface area contributed by atoms with Gasteiger partial charge in [-0.25, -0.2) is 0 Å². The maximum Gasteiger partial charge on any atom is 0.292 e. The average Bonchev–Trinajstić information content (AvgIpc) is 3.35. The minimum atomic E-state index is -0.0194. The summed E-state index contributed by atoms with van der Waals surface area (Å²) in [5.74, 6) is 1.26. The standard InChI is InChI=1S/C22H29N3O3/c1-3-18-13-20(28-23-18)21(26)25-11-9-22(16-25)8-5-10-24(15-22)14-17-6-4-7-19(12-17)27-2/h4,6-7,12-13H,3,5,8-11,14-16H2,1-2H3/t22-/m1/s1. The van der Waals surface area contributed by atoms with Crippen LogP contribution in [0.5, 0.6) is 5.75 Å². The van der Waals surface area contributed by atoms with E-state index < -0.39 is 0 Å². The van der Waals surface area contributed by atoms with Crippen LogP contribution in [0, 0.1) is 5.41 Å². The van der Waals surface area contributed by atoms with Crippen molar-refractivity contribution in [3.05, 3.63) is 47.3 Å². The van der Waals surface area contributed by atoms with Gasteiger partial charge in [0.05, 0.1) is 12.8 Å². The molecular formula is C22H29N3O3. The van der Waals surface area contributed by atoms with Gasteiger partial charge in [-0.05, 0) is 49.9 Å². The zero-order chi connectivity index (χ0) is 19.6. The van der Waals surface area contributed by atoms with Gasteiger partial charge in [-0.3, -0.25) is 9.69 Å². The molecule has 1 spiro atoms. The second kappa shape index (κ2) is 7.95. The molecule has 3 heterocycles. The lowest BCUT2D eigenvalue weighted by Gasteiger charge is -2.40. The number of carbonyl (C=O) groups excluding carboxylic acids is 1. The minimum absolute atomic E-state index is 0.0194. The average molecular weight is 383 g/mol. The van der Waals surface area contributed by atoms with Gasteiger partial charge in [-0.2, -0.15) is 0 Å². The molecule has 0 bridgehead atoms. The van der Waals surface area contributed by atoms with Gasteiger partial charge in [0.2, 0.25) is 5.76 Å². The summed E-state index contributed by atoms with van der Waals surface area (Å²) in [5, 5.41) is 3.96. The molecule has 150 valence electrons. The van der Waals surface area contributed by atoms with Gasteiger partial charge in [-0.1, -0.05) is 24.2 Å². The highest BCUT2D eigenvalue weighted by molar-refractivity contribution is 5.91. The molecule has 2 aliphatic heterocycles. The molecule has 1 aromatic carbocycles. The quantitative estimate of drug-likeness (QED) is 0.792. The third-order valence-corrected chi connectivity index (χ3v) is 6.14. The van der Waals surface area contributed by atoms with Crippen LogP contribution in [-0.4, -0.2) is 54.2 Å². The molecule has 4 rings (SSSR count). The minimum Gasteiger partial charge on any atom is -0.497 e.